The van der Waals surface area contributed by atoms with Crippen LogP contribution >= 0.6 is 0 Å². The SMILES string of the molecule is COC(=O)C[C@H](C)CC[C@H]1C(C)=CC[C@@H]2C(C)(C)CCC[C@@]21C. The first-order valence-corrected chi connectivity index (χ1v) is 9.44. The predicted octanol–water partition coefficient (Wildman–Crippen LogP) is 5.76. The molecule has 0 unspecified atom stereocenters. The van der Waals surface area contributed by atoms with Gasteiger partial charge in [0.1, 0.15) is 0 Å². The van der Waals surface area contributed by atoms with Crippen LogP contribution < -0.4 is 0 Å². The Morgan fingerprint density at radius 1 is 1.35 bits per heavy atom. The van der Waals surface area contributed by atoms with E-state index in [1.165, 1.54) is 39.2 Å². The summed E-state index contributed by atoms with van der Waals surface area (Å²) in [6.45, 7) is 12.0. The Morgan fingerprint density at radius 2 is 2.04 bits per heavy atom. The number of allylic oxidation sites excluding steroid dienone is 2. The minimum atomic E-state index is -0.0729. The molecular weight excluding hydrogens is 284 g/mol. The highest BCUT2D eigenvalue weighted by atomic mass is 16.5. The molecule has 0 bridgehead atoms. The summed E-state index contributed by atoms with van der Waals surface area (Å²) in [6, 6.07) is 0. The molecule has 0 aromatic carbocycles. The van der Waals surface area contributed by atoms with E-state index < -0.39 is 0 Å². The third kappa shape index (κ3) is 3.83. The van der Waals surface area contributed by atoms with Gasteiger partial charge in [-0.25, -0.2) is 0 Å². The second kappa shape index (κ2) is 6.99. The third-order valence-electron chi connectivity index (χ3n) is 6.99. The second-order valence-electron chi connectivity index (χ2n) is 9.10. The van der Waals surface area contributed by atoms with Gasteiger partial charge in [-0.1, -0.05) is 45.8 Å². The maximum Gasteiger partial charge on any atom is 0.305 e. The molecule has 0 aliphatic heterocycles. The van der Waals surface area contributed by atoms with Crippen molar-refractivity contribution in [3.8, 4) is 0 Å². The van der Waals surface area contributed by atoms with Crippen molar-refractivity contribution in [2.75, 3.05) is 7.11 Å². The van der Waals surface area contributed by atoms with Gasteiger partial charge in [0.15, 0.2) is 0 Å². The molecule has 23 heavy (non-hydrogen) atoms. The molecule has 4 atom stereocenters. The lowest BCUT2D eigenvalue weighted by molar-refractivity contribution is -0.141. The number of esters is 1. The highest BCUT2D eigenvalue weighted by Gasteiger charge is 2.51. The minimum Gasteiger partial charge on any atom is -0.469 e. The van der Waals surface area contributed by atoms with E-state index in [4.69, 9.17) is 4.74 Å². The normalized spacial score (nSPS) is 34.3. The Kier molecular flexibility index (Phi) is 5.63. The van der Waals surface area contributed by atoms with E-state index in [0.29, 0.717) is 29.1 Å². The number of carbonyl (C=O) groups is 1. The molecule has 0 spiro atoms. The summed E-state index contributed by atoms with van der Waals surface area (Å²) in [5.74, 6) is 1.82. The van der Waals surface area contributed by atoms with Crippen molar-refractivity contribution in [1.82, 2.24) is 0 Å². The van der Waals surface area contributed by atoms with Gasteiger partial charge in [-0.15, -0.1) is 0 Å². The van der Waals surface area contributed by atoms with E-state index in [-0.39, 0.29) is 5.97 Å². The Morgan fingerprint density at radius 3 is 2.70 bits per heavy atom. The van der Waals surface area contributed by atoms with Gasteiger partial charge in [0, 0.05) is 6.42 Å². The Labute approximate surface area is 143 Å². The van der Waals surface area contributed by atoms with Crippen molar-refractivity contribution in [3.63, 3.8) is 0 Å². The summed E-state index contributed by atoms with van der Waals surface area (Å²) in [7, 11) is 1.48. The van der Waals surface area contributed by atoms with Crippen LogP contribution in [-0.2, 0) is 9.53 Å². The van der Waals surface area contributed by atoms with Crippen LogP contribution in [0.2, 0.25) is 0 Å². The fraction of sp³-hybridized carbons (Fsp3) is 0.857. The fourth-order valence-electron chi connectivity index (χ4n) is 5.62. The molecule has 1 saturated carbocycles. The van der Waals surface area contributed by atoms with Crippen LogP contribution in [0.4, 0.5) is 0 Å². The highest BCUT2D eigenvalue weighted by Crippen LogP contribution is 2.60. The zero-order valence-corrected chi connectivity index (χ0v) is 16.1. The van der Waals surface area contributed by atoms with Gasteiger partial charge in [-0.2, -0.15) is 0 Å². The molecular formula is C21H36O2. The number of ether oxygens (including phenoxy) is 1. The van der Waals surface area contributed by atoms with Crippen molar-refractivity contribution in [1.29, 1.82) is 0 Å². The van der Waals surface area contributed by atoms with Crippen molar-refractivity contribution in [2.24, 2.45) is 28.6 Å². The van der Waals surface area contributed by atoms with Gasteiger partial charge in [-0.3, -0.25) is 4.79 Å². The Bertz CT molecular complexity index is 462. The van der Waals surface area contributed by atoms with E-state index in [1.807, 2.05) is 0 Å². The smallest absolute Gasteiger partial charge is 0.305 e. The molecule has 2 heteroatoms. The largest absolute Gasteiger partial charge is 0.469 e. The van der Waals surface area contributed by atoms with Crippen LogP contribution in [0.25, 0.3) is 0 Å². The van der Waals surface area contributed by atoms with Gasteiger partial charge in [-0.05, 0) is 67.6 Å². The Hall–Kier alpha value is -0.790. The summed E-state index contributed by atoms with van der Waals surface area (Å²) in [6.07, 6.45) is 10.7. The van der Waals surface area contributed by atoms with Crippen LogP contribution in [0.3, 0.4) is 0 Å². The highest BCUT2D eigenvalue weighted by molar-refractivity contribution is 5.69. The van der Waals surface area contributed by atoms with Gasteiger partial charge >= 0.3 is 5.97 Å². The van der Waals surface area contributed by atoms with Crippen molar-refractivity contribution in [3.05, 3.63) is 11.6 Å². The number of methoxy groups -OCH3 is 1. The zero-order valence-electron chi connectivity index (χ0n) is 16.1. The standard InChI is InChI=1S/C21H36O2/c1-15(14-19(22)23-6)8-10-17-16(2)9-11-18-20(3,4)12-7-13-21(17,18)5/h9,15,17-18H,7-8,10-14H2,1-6H3/t15-,17+,18-,21-/m1/s1. The van der Waals surface area contributed by atoms with Crippen LogP contribution in [0.1, 0.15) is 79.6 Å². The number of hydrogen-bond donors (Lipinski definition) is 0. The molecule has 0 saturated heterocycles. The number of carbonyl (C=O) groups excluding carboxylic acids is 1. The molecule has 0 amide bonds. The van der Waals surface area contributed by atoms with Crippen molar-refractivity contribution < 1.29 is 9.53 Å². The summed E-state index contributed by atoms with van der Waals surface area (Å²) in [5, 5.41) is 0. The van der Waals surface area contributed by atoms with Gasteiger partial charge in [0.25, 0.3) is 0 Å². The lowest BCUT2D eigenvalue weighted by Gasteiger charge is -2.57. The molecule has 2 rings (SSSR count). The van der Waals surface area contributed by atoms with Crippen LogP contribution in [0, 0.1) is 28.6 Å². The zero-order chi connectivity index (χ0) is 17.3. The number of rotatable bonds is 5. The molecule has 0 radical (unpaired) electrons. The van der Waals surface area contributed by atoms with Crippen molar-refractivity contribution in [2.45, 2.75) is 79.6 Å². The summed E-state index contributed by atoms with van der Waals surface area (Å²) < 4.78 is 4.82. The van der Waals surface area contributed by atoms with Gasteiger partial charge < -0.3 is 4.74 Å². The monoisotopic (exact) mass is 320 g/mol. The summed E-state index contributed by atoms with van der Waals surface area (Å²) in [5.41, 5.74) is 2.48. The van der Waals surface area contributed by atoms with Crippen LogP contribution in [0.5, 0.6) is 0 Å². The van der Waals surface area contributed by atoms with E-state index in [2.05, 4.69) is 40.7 Å². The van der Waals surface area contributed by atoms with E-state index >= 15 is 0 Å². The molecule has 0 aromatic rings. The molecule has 1 fully saturated rings. The average molecular weight is 321 g/mol. The van der Waals surface area contributed by atoms with E-state index in [0.717, 1.165) is 12.3 Å². The maximum atomic E-state index is 11.5. The Balaban J connectivity index is 2.08. The average Bonchev–Trinajstić information content (AvgIpc) is 2.45. The first kappa shape index (κ1) is 18.5. The first-order chi connectivity index (χ1) is 10.7. The molecule has 0 aromatic heterocycles. The summed E-state index contributed by atoms with van der Waals surface area (Å²) in [4.78, 5) is 11.5. The third-order valence-corrected chi connectivity index (χ3v) is 6.99. The van der Waals surface area contributed by atoms with Crippen LogP contribution in [-0.4, -0.2) is 13.1 Å². The topological polar surface area (TPSA) is 26.3 Å². The minimum absolute atomic E-state index is 0.0729. The molecule has 2 aliphatic carbocycles. The first-order valence-electron chi connectivity index (χ1n) is 9.44. The fourth-order valence-corrected chi connectivity index (χ4v) is 5.62. The molecule has 2 aliphatic rings. The molecule has 0 N–H and O–H groups in total. The van der Waals surface area contributed by atoms with Crippen LogP contribution in [0.15, 0.2) is 11.6 Å². The molecule has 0 heterocycles. The quantitative estimate of drug-likeness (QED) is 0.475. The number of fused-ring (bicyclic) bond motifs is 1. The molecule has 2 nitrogen and oxygen atoms in total. The second-order valence-corrected chi connectivity index (χ2v) is 9.10. The predicted molar refractivity (Wildman–Crippen MR) is 96.1 cm³/mol. The number of hydrogen-bond acceptors (Lipinski definition) is 2. The summed E-state index contributed by atoms with van der Waals surface area (Å²) >= 11 is 0. The van der Waals surface area contributed by atoms with E-state index in [9.17, 15) is 4.79 Å². The lowest BCUT2D eigenvalue weighted by Crippen LogP contribution is -2.48. The lowest BCUT2D eigenvalue weighted by atomic mass is 9.48. The molecule has 132 valence electrons. The van der Waals surface area contributed by atoms with Gasteiger partial charge in [0.05, 0.1) is 7.11 Å². The van der Waals surface area contributed by atoms with Gasteiger partial charge in [0.2, 0.25) is 0 Å². The van der Waals surface area contributed by atoms with E-state index in [1.54, 1.807) is 5.57 Å². The maximum absolute atomic E-state index is 11.5. The van der Waals surface area contributed by atoms with Crippen molar-refractivity contribution >= 4 is 5.97 Å².